The van der Waals surface area contributed by atoms with Gasteiger partial charge in [-0.05, 0) is 55.2 Å². The summed E-state index contributed by atoms with van der Waals surface area (Å²) in [6.45, 7) is 0.775. The van der Waals surface area contributed by atoms with Crippen LogP contribution in [0.25, 0.3) is 0 Å². The van der Waals surface area contributed by atoms with Gasteiger partial charge in [-0.2, -0.15) is 0 Å². The second-order valence-electron chi connectivity index (χ2n) is 6.15. The molecular formula is C17H24O2. The Bertz CT molecular complexity index is 403. The molecule has 0 aliphatic heterocycles. The van der Waals surface area contributed by atoms with Crippen LogP contribution >= 0.6 is 0 Å². The summed E-state index contributed by atoms with van der Waals surface area (Å²) in [6.07, 6.45) is 8.25. The molecule has 3 atom stereocenters. The summed E-state index contributed by atoms with van der Waals surface area (Å²) in [7, 11) is 1.75. The highest BCUT2D eigenvalue weighted by molar-refractivity contribution is 5.29. The summed E-state index contributed by atoms with van der Waals surface area (Å²) in [5.74, 6) is 2.90. The predicted molar refractivity (Wildman–Crippen MR) is 76.5 cm³/mol. The molecule has 0 N–H and O–H groups in total. The first kappa shape index (κ1) is 13.0. The van der Waals surface area contributed by atoms with Crippen LogP contribution in [0.2, 0.25) is 0 Å². The van der Waals surface area contributed by atoms with Gasteiger partial charge < -0.3 is 9.47 Å². The van der Waals surface area contributed by atoms with E-state index in [-0.39, 0.29) is 0 Å². The molecule has 2 fully saturated rings. The average Bonchev–Trinajstić information content (AvgIpc) is 2.76. The predicted octanol–water partition coefficient (Wildman–Crippen LogP) is 3.83. The van der Waals surface area contributed by atoms with E-state index in [2.05, 4.69) is 24.3 Å². The highest BCUT2D eigenvalue weighted by Crippen LogP contribution is 2.43. The van der Waals surface area contributed by atoms with Crippen LogP contribution in [-0.2, 0) is 11.2 Å². The van der Waals surface area contributed by atoms with Gasteiger partial charge in [0.15, 0.2) is 0 Å². The minimum Gasteiger partial charge on any atom is -0.490 e. The fraction of sp³-hybridized carbons (Fsp3) is 0.647. The maximum Gasteiger partial charge on any atom is 0.119 e. The van der Waals surface area contributed by atoms with Crippen molar-refractivity contribution in [3.05, 3.63) is 29.8 Å². The van der Waals surface area contributed by atoms with Gasteiger partial charge in [0.25, 0.3) is 0 Å². The van der Waals surface area contributed by atoms with E-state index in [1.165, 1.54) is 37.7 Å². The summed E-state index contributed by atoms with van der Waals surface area (Å²) in [6, 6.07) is 8.51. The van der Waals surface area contributed by atoms with Crippen LogP contribution in [0, 0.1) is 11.8 Å². The topological polar surface area (TPSA) is 18.5 Å². The summed E-state index contributed by atoms with van der Waals surface area (Å²) in [4.78, 5) is 0. The van der Waals surface area contributed by atoms with Crippen LogP contribution in [0.3, 0.4) is 0 Å². The van der Waals surface area contributed by atoms with Gasteiger partial charge in [0, 0.05) is 7.11 Å². The van der Waals surface area contributed by atoms with Crippen molar-refractivity contribution in [3.63, 3.8) is 0 Å². The highest BCUT2D eigenvalue weighted by atomic mass is 16.5. The van der Waals surface area contributed by atoms with E-state index in [1.807, 2.05) is 0 Å². The third-order valence-corrected chi connectivity index (χ3v) is 4.64. The Kier molecular flexibility index (Phi) is 4.07. The summed E-state index contributed by atoms with van der Waals surface area (Å²) in [5.41, 5.74) is 1.30. The molecule has 1 aromatic carbocycles. The number of benzene rings is 1. The highest BCUT2D eigenvalue weighted by Gasteiger charge is 2.34. The molecule has 0 spiro atoms. The second kappa shape index (κ2) is 5.96. The lowest BCUT2D eigenvalue weighted by atomic mass is 9.87. The first-order valence-corrected chi connectivity index (χ1v) is 7.58. The van der Waals surface area contributed by atoms with Crippen molar-refractivity contribution < 1.29 is 9.47 Å². The number of hydrogen-bond acceptors (Lipinski definition) is 2. The minimum atomic E-state index is 0.448. The molecule has 2 saturated carbocycles. The van der Waals surface area contributed by atoms with E-state index in [0.29, 0.717) is 6.10 Å². The molecule has 2 heteroatoms. The van der Waals surface area contributed by atoms with E-state index in [9.17, 15) is 0 Å². The Morgan fingerprint density at radius 3 is 2.63 bits per heavy atom. The molecule has 2 bridgehead atoms. The van der Waals surface area contributed by atoms with Gasteiger partial charge in [-0.1, -0.05) is 25.0 Å². The van der Waals surface area contributed by atoms with E-state index in [4.69, 9.17) is 9.47 Å². The van der Waals surface area contributed by atoms with Crippen LogP contribution in [0.1, 0.15) is 37.7 Å². The van der Waals surface area contributed by atoms with Crippen LogP contribution in [-0.4, -0.2) is 19.8 Å². The fourth-order valence-electron chi connectivity index (χ4n) is 3.73. The van der Waals surface area contributed by atoms with Gasteiger partial charge in [0.05, 0.1) is 12.7 Å². The Labute approximate surface area is 116 Å². The molecule has 0 unspecified atom stereocenters. The smallest absolute Gasteiger partial charge is 0.119 e. The molecule has 0 radical (unpaired) electrons. The molecule has 1 aromatic rings. The van der Waals surface area contributed by atoms with Gasteiger partial charge in [0.1, 0.15) is 5.75 Å². The lowest BCUT2D eigenvalue weighted by Crippen LogP contribution is -2.26. The van der Waals surface area contributed by atoms with Crippen LogP contribution in [0.15, 0.2) is 24.3 Å². The molecule has 0 saturated heterocycles. The second-order valence-corrected chi connectivity index (χ2v) is 6.15. The van der Waals surface area contributed by atoms with Crippen molar-refractivity contribution in [2.45, 2.75) is 44.6 Å². The quantitative estimate of drug-likeness (QED) is 0.801. The summed E-state index contributed by atoms with van der Waals surface area (Å²) in [5, 5.41) is 0. The minimum absolute atomic E-state index is 0.448. The zero-order valence-electron chi connectivity index (χ0n) is 11.8. The molecule has 0 aromatic heterocycles. The molecule has 2 aliphatic carbocycles. The van der Waals surface area contributed by atoms with E-state index in [0.717, 1.165) is 30.6 Å². The standard InChI is InChI=1S/C17H24O2/c1-18-8-7-13-3-2-4-16(10-13)19-17-11-14-5-6-15(9-14)12-17/h2-4,10,14-15,17H,5-9,11-12H2,1H3/t14-,15+,17-. The average molecular weight is 260 g/mol. The van der Waals surface area contributed by atoms with Crippen LogP contribution in [0.4, 0.5) is 0 Å². The zero-order valence-corrected chi connectivity index (χ0v) is 11.8. The third kappa shape index (κ3) is 3.30. The lowest BCUT2D eigenvalue weighted by Gasteiger charge is -2.28. The van der Waals surface area contributed by atoms with Crippen molar-refractivity contribution in [3.8, 4) is 5.75 Å². The molecule has 0 amide bonds. The molecule has 2 aliphatic rings. The number of fused-ring (bicyclic) bond motifs is 2. The van der Waals surface area contributed by atoms with Crippen molar-refractivity contribution in [1.82, 2.24) is 0 Å². The van der Waals surface area contributed by atoms with Crippen molar-refractivity contribution in [1.29, 1.82) is 0 Å². The number of ether oxygens (including phenoxy) is 2. The van der Waals surface area contributed by atoms with Crippen molar-refractivity contribution >= 4 is 0 Å². The van der Waals surface area contributed by atoms with Gasteiger partial charge >= 0.3 is 0 Å². The largest absolute Gasteiger partial charge is 0.490 e. The van der Waals surface area contributed by atoms with Gasteiger partial charge in [-0.15, -0.1) is 0 Å². The SMILES string of the molecule is COCCc1cccc(O[C@@H]2C[C@@H]3CC[C@@H](C3)C2)c1. The fourth-order valence-corrected chi connectivity index (χ4v) is 3.73. The molecule has 104 valence electrons. The van der Waals surface area contributed by atoms with E-state index < -0.39 is 0 Å². The molecular weight excluding hydrogens is 236 g/mol. The number of hydrogen-bond donors (Lipinski definition) is 0. The van der Waals surface area contributed by atoms with Crippen molar-refractivity contribution in [2.24, 2.45) is 11.8 Å². The monoisotopic (exact) mass is 260 g/mol. The van der Waals surface area contributed by atoms with Crippen LogP contribution in [0.5, 0.6) is 5.75 Å². The first-order valence-electron chi connectivity index (χ1n) is 7.58. The summed E-state index contributed by atoms with van der Waals surface area (Å²) >= 11 is 0. The Balaban J connectivity index is 1.60. The van der Waals surface area contributed by atoms with Crippen molar-refractivity contribution in [2.75, 3.05) is 13.7 Å². The molecule has 19 heavy (non-hydrogen) atoms. The molecule has 3 rings (SSSR count). The number of rotatable bonds is 5. The maximum absolute atomic E-state index is 6.22. The summed E-state index contributed by atoms with van der Waals surface area (Å²) < 4.78 is 11.3. The Morgan fingerprint density at radius 1 is 1.11 bits per heavy atom. The Hall–Kier alpha value is -1.02. The van der Waals surface area contributed by atoms with Gasteiger partial charge in [-0.25, -0.2) is 0 Å². The zero-order chi connectivity index (χ0) is 13.1. The lowest BCUT2D eigenvalue weighted by molar-refractivity contribution is 0.118. The normalized spacial score (nSPS) is 29.4. The van der Waals surface area contributed by atoms with E-state index in [1.54, 1.807) is 7.11 Å². The number of methoxy groups -OCH3 is 1. The van der Waals surface area contributed by atoms with Crippen LogP contribution < -0.4 is 4.74 Å². The van der Waals surface area contributed by atoms with Gasteiger partial charge in [-0.3, -0.25) is 0 Å². The molecule has 2 nitrogen and oxygen atoms in total. The maximum atomic E-state index is 6.22. The van der Waals surface area contributed by atoms with E-state index >= 15 is 0 Å². The van der Waals surface area contributed by atoms with Gasteiger partial charge in [0.2, 0.25) is 0 Å². The Morgan fingerprint density at radius 2 is 1.89 bits per heavy atom. The first-order chi connectivity index (χ1) is 9.33. The third-order valence-electron chi connectivity index (χ3n) is 4.64. The molecule has 0 heterocycles.